The van der Waals surface area contributed by atoms with E-state index in [0.717, 1.165) is 18.0 Å². The monoisotopic (exact) mass is 490 g/mol. The minimum atomic E-state index is -2.36. The van der Waals surface area contributed by atoms with Gasteiger partial charge in [0.05, 0.1) is 32.6 Å². The summed E-state index contributed by atoms with van der Waals surface area (Å²) in [6, 6.07) is 12.3. The summed E-state index contributed by atoms with van der Waals surface area (Å²) in [6.07, 6.45) is 3.99. The highest BCUT2D eigenvalue weighted by Crippen LogP contribution is 2.37. The van der Waals surface area contributed by atoms with Crippen LogP contribution in [0.2, 0.25) is 0 Å². The number of rotatable bonds is 10. The number of fused-ring (bicyclic) bond motifs is 1. The van der Waals surface area contributed by atoms with Crippen molar-refractivity contribution in [2.75, 3.05) is 50.2 Å². The van der Waals surface area contributed by atoms with Gasteiger partial charge in [-0.15, -0.1) is 0 Å². The molecule has 0 fully saturated rings. The molecule has 9 heteroatoms. The van der Waals surface area contributed by atoms with Gasteiger partial charge in [-0.25, -0.2) is 9.97 Å². The van der Waals surface area contributed by atoms with Crippen LogP contribution in [0.4, 0.5) is 23.0 Å². The second-order valence-corrected chi connectivity index (χ2v) is 8.28. The number of aryl methyl sites for hydroxylation is 1. The highest BCUT2D eigenvalue weighted by Gasteiger charge is 2.15. The molecule has 0 aliphatic rings. The Hall–Kier alpha value is -4.37. The Morgan fingerprint density at radius 2 is 2.11 bits per heavy atom. The van der Waals surface area contributed by atoms with Gasteiger partial charge in [0.1, 0.15) is 5.75 Å². The number of hydrogen-bond donors (Lipinski definition) is 3. The number of methoxy groups -OCH3 is 1. The van der Waals surface area contributed by atoms with Crippen LogP contribution in [0.15, 0.2) is 67.5 Å². The molecule has 0 aliphatic carbocycles. The molecule has 0 atom stereocenters. The first-order valence-electron chi connectivity index (χ1n) is 13.7. The van der Waals surface area contributed by atoms with Gasteiger partial charge in [-0.1, -0.05) is 24.7 Å². The Morgan fingerprint density at radius 1 is 1.25 bits per heavy atom. The molecule has 0 saturated heterocycles. The molecule has 4 aromatic rings. The van der Waals surface area contributed by atoms with Gasteiger partial charge in [0.2, 0.25) is 11.9 Å². The van der Waals surface area contributed by atoms with Crippen molar-refractivity contribution in [3.63, 3.8) is 0 Å². The molecule has 1 amide bonds. The van der Waals surface area contributed by atoms with Gasteiger partial charge < -0.3 is 30.2 Å². The van der Waals surface area contributed by atoms with Gasteiger partial charge in [0.15, 0.2) is 0 Å². The van der Waals surface area contributed by atoms with E-state index in [1.807, 2.05) is 31.1 Å². The van der Waals surface area contributed by atoms with Crippen LogP contribution in [0.3, 0.4) is 0 Å². The minimum absolute atomic E-state index is 0.219. The van der Waals surface area contributed by atoms with E-state index in [1.165, 1.54) is 11.7 Å². The average molecular weight is 491 g/mol. The van der Waals surface area contributed by atoms with Crippen LogP contribution in [0, 0.1) is 0 Å². The molecule has 186 valence electrons. The number of hydrogen-bond acceptors (Lipinski definition) is 7. The predicted molar refractivity (Wildman–Crippen MR) is 146 cm³/mol. The van der Waals surface area contributed by atoms with Gasteiger partial charge >= 0.3 is 0 Å². The largest absolute Gasteiger partial charge is 0.494 e. The third kappa shape index (κ3) is 5.47. The van der Waals surface area contributed by atoms with Crippen LogP contribution < -0.4 is 20.7 Å². The summed E-state index contributed by atoms with van der Waals surface area (Å²) in [5.41, 5.74) is 3.14. The van der Waals surface area contributed by atoms with Crippen LogP contribution >= 0.6 is 0 Å². The van der Waals surface area contributed by atoms with Crippen molar-refractivity contribution < 1.29 is 16.4 Å². The van der Waals surface area contributed by atoms with E-state index in [-0.39, 0.29) is 5.95 Å². The molecule has 0 bridgehead atoms. The lowest BCUT2D eigenvalue weighted by atomic mass is 10.1. The molecule has 2 aromatic heterocycles. The molecule has 4 rings (SSSR count). The number of para-hydroxylation sites is 1. The maximum atomic E-state index is 12.4. The third-order valence-electron chi connectivity index (χ3n) is 5.49. The third-order valence-corrected chi connectivity index (χ3v) is 5.49. The number of likely N-dealkylation sites (N-methyl/N-ethyl adjacent to an activating group) is 1. The maximum Gasteiger partial charge on any atom is 0.247 e. The van der Waals surface area contributed by atoms with Crippen molar-refractivity contribution in [2.45, 2.75) is 0 Å². The fourth-order valence-electron chi connectivity index (χ4n) is 3.75. The zero-order valence-electron chi connectivity index (χ0n) is 25.3. The number of aromatic nitrogens is 3. The molecule has 3 N–H and O–H groups in total. The van der Waals surface area contributed by atoms with Crippen molar-refractivity contribution in [2.24, 2.45) is 6.98 Å². The van der Waals surface area contributed by atoms with Crippen molar-refractivity contribution in [1.82, 2.24) is 19.4 Å². The van der Waals surface area contributed by atoms with Crippen LogP contribution in [0.5, 0.6) is 5.75 Å². The summed E-state index contributed by atoms with van der Waals surface area (Å²) >= 11 is 0. The SMILES string of the molecule is [2H]C([2H])=CC(=O)Nc1cc(Nc2nccc(-c3cn(C([2H])([2H])[2H])c4ccccc34)n2)c(OC)cc1NCCN(C)C. The van der Waals surface area contributed by atoms with Gasteiger partial charge in [-0.3, -0.25) is 4.79 Å². The van der Waals surface area contributed by atoms with E-state index in [1.54, 1.807) is 42.7 Å². The van der Waals surface area contributed by atoms with Crippen LogP contribution in [0.25, 0.3) is 22.2 Å². The van der Waals surface area contributed by atoms with Crippen molar-refractivity contribution in [3.05, 3.63) is 67.5 Å². The molecule has 0 saturated carbocycles. The molecule has 36 heavy (non-hydrogen) atoms. The number of ether oxygens (including phenoxy) is 1. The summed E-state index contributed by atoms with van der Waals surface area (Å²) in [4.78, 5) is 23.4. The normalized spacial score (nSPS) is 13.2. The van der Waals surface area contributed by atoms with Crippen molar-refractivity contribution >= 4 is 39.8 Å². The minimum Gasteiger partial charge on any atom is -0.494 e. The number of nitrogens with one attached hydrogen (secondary N) is 3. The highest BCUT2D eigenvalue weighted by atomic mass is 16.5. The average Bonchev–Trinajstić information content (AvgIpc) is 3.30. The first-order chi connectivity index (χ1) is 19.5. The van der Waals surface area contributed by atoms with E-state index in [0.29, 0.717) is 46.1 Å². The second kappa shape index (κ2) is 10.9. The highest BCUT2D eigenvalue weighted by molar-refractivity contribution is 6.02. The van der Waals surface area contributed by atoms with Gasteiger partial charge in [0, 0.05) is 59.1 Å². The van der Waals surface area contributed by atoms with Gasteiger partial charge in [-0.05, 0) is 38.4 Å². The number of carbonyl (C=O) groups excluding carboxylic acids is 1. The molecular formula is C27H31N7O2. The second-order valence-electron chi connectivity index (χ2n) is 8.28. The summed E-state index contributed by atoms with van der Waals surface area (Å²) in [6.45, 7) is -1.67. The van der Waals surface area contributed by atoms with E-state index in [9.17, 15) is 4.79 Å². The number of anilines is 4. The maximum absolute atomic E-state index is 12.4. The lowest BCUT2D eigenvalue weighted by molar-refractivity contribution is -0.111. The first-order valence-corrected chi connectivity index (χ1v) is 11.2. The molecule has 0 aliphatic heterocycles. The fraction of sp³-hybridized carbons (Fsp3) is 0.222. The van der Waals surface area contributed by atoms with Crippen molar-refractivity contribution in [1.29, 1.82) is 0 Å². The standard InChI is InChI=1S/C27H31N7O2/c1-6-26(35)30-22-15-23(25(36-5)16-21(22)28-13-14-33(2)3)32-27-29-12-11-20(31-27)19-17-34(4)24-10-8-7-9-18(19)24/h6-12,15-17,28H,1,13-14H2,2-5H3,(H,30,35)(H,29,31,32)/i1D2,4D3. The van der Waals surface area contributed by atoms with Gasteiger partial charge in [0.25, 0.3) is 0 Å². The predicted octanol–water partition coefficient (Wildman–Crippen LogP) is 4.49. The molecular weight excluding hydrogens is 454 g/mol. The quantitative estimate of drug-likeness (QED) is 0.282. The lowest BCUT2D eigenvalue weighted by Crippen LogP contribution is -2.21. The number of carbonyl (C=O) groups is 1. The number of amides is 1. The first kappa shape index (κ1) is 18.9. The lowest BCUT2D eigenvalue weighted by Gasteiger charge is -2.19. The zero-order chi connectivity index (χ0) is 29.7. The Morgan fingerprint density at radius 3 is 2.89 bits per heavy atom. The Balaban J connectivity index is 1.72. The topological polar surface area (TPSA) is 96.3 Å². The van der Waals surface area contributed by atoms with Crippen LogP contribution in [-0.4, -0.2) is 59.6 Å². The van der Waals surface area contributed by atoms with Crippen LogP contribution in [0.1, 0.15) is 6.85 Å². The summed E-state index contributed by atoms with van der Waals surface area (Å²) in [5, 5.41) is 9.85. The molecule has 2 aromatic carbocycles. The molecule has 0 spiro atoms. The Labute approximate surface area is 217 Å². The number of nitrogens with zero attached hydrogens (tertiary/aromatic N) is 4. The molecule has 2 heterocycles. The summed E-state index contributed by atoms with van der Waals surface area (Å²) < 4.78 is 45.2. The smallest absolute Gasteiger partial charge is 0.247 e. The molecule has 0 radical (unpaired) electrons. The Kier molecular flexibility index (Phi) is 5.73. The van der Waals surface area contributed by atoms with Gasteiger partial charge in [-0.2, -0.15) is 0 Å². The number of benzene rings is 2. The van der Waals surface area contributed by atoms with Crippen molar-refractivity contribution in [3.8, 4) is 17.0 Å². The zero-order valence-corrected chi connectivity index (χ0v) is 20.3. The summed E-state index contributed by atoms with van der Waals surface area (Å²) in [5.74, 6) is 0.0397. The summed E-state index contributed by atoms with van der Waals surface area (Å²) in [7, 11) is 5.40. The van der Waals surface area contributed by atoms with E-state index < -0.39 is 19.4 Å². The van der Waals surface area contributed by atoms with E-state index in [4.69, 9.17) is 11.6 Å². The van der Waals surface area contributed by atoms with E-state index >= 15 is 0 Å². The Bertz CT molecular complexity index is 1580. The van der Waals surface area contributed by atoms with E-state index in [2.05, 4.69) is 25.9 Å². The molecule has 0 unspecified atom stereocenters. The fourth-order valence-corrected chi connectivity index (χ4v) is 3.75. The molecule has 9 nitrogen and oxygen atoms in total. The van der Waals surface area contributed by atoms with Crippen LogP contribution in [-0.2, 0) is 11.8 Å².